The summed E-state index contributed by atoms with van der Waals surface area (Å²) in [4.78, 5) is 24.4. The van der Waals surface area contributed by atoms with Crippen molar-refractivity contribution in [2.45, 2.75) is 18.1 Å². The number of carbonyl (C=O) groups excluding carboxylic acids is 2. The van der Waals surface area contributed by atoms with Gasteiger partial charge in [-0.15, -0.1) is 5.10 Å². The van der Waals surface area contributed by atoms with Crippen LogP contribution in [0.4, 0.5) is 0 Å². The zero-order chi connectivity index (χ0) is 22.9. The van der Waals surface area contributed by atoms with E-state index in [-0.39, 0.29) is 18.2 Å². The summed E-state index contributed by atoms with van der Waals surface area (Å²) in [7, 11) is 3.16. The summed E-state index contributed by atoms with van der Waals surface area (Å²) in [5, 5.41) is 13.4. The Bertz CT molecular complexity index is 1040. The first-order valence-electron chi connectivity index (χ1n) is 9.80. The summed E-state index contributed by atoms with van der Waals surface area (Å²) in [5.74, 6) is 0.853. The van der Waals surface area contributed by atoms with E-state index in [1.807, 2.05) is 42.5 Å². The number of hydrogen-bond acceptors (Lipinski definition) is 7. The lowest BCUT2D eigenvalue weighted by molar-refractivity contribution is -0.125. The molecule has 0 radical (unpaired) electrons. The number of ether oxygens (including phenoxy) is 2. The fourth-order valence-corrected chi connectivity index (χ4v) is 4.29. The van der Waals surface area contributed by atoms with Crippen LogP contribution in [0.25, 0.3) is 0 Å². The van der Waals surface area contributed by atoms with E-state index in [0.29, 0.717) is 29.6 Å². The lowest BCUT2D eigenvalue weighted by Crippen LogP contribution is -2.32. The molecule has 2 N–H and O–H groups in total. The van der Waals surface area contributed by atoms with Gasteiger partial charge in [0.05, 0.1) is 20.4 Å². The number of hydrogen-bond donors (Lipinski definition) is 2. The zero-order valence-electron chi connectivity index (χ0n) is 17.6. The molecule has 1 atom stereocenters. The zero-order valence-corrected chi connectivity index (χ0v) is 20.0. The molecule has 0 spiro atoms. The largest absolute Gasteiger partial charge is 0.493 e. The molecular weight excluding hydrogens is 496 g/mol. The van der Waals surface area contributed by atoms with E-state index in [2.05, 4.69) is 36.8 Å². The minimum Gasteiger partial charge on any atom is -0.493 e. The molecular formula is C22H23BrN4O4S. The van der Waals surface area contributed by atoms with E-state index >= 15 is 0 Å². The second kappa shape index (κ2) is 11.7. The Kier molecular flexibility index (Phi) is 8.69. The Labute approximate surface area is 199 Å². The van der Waals surface area contributed by atoms with Crippen molar-refractivity contribution in [3.8, 4) is 11.5 Å². The fraction of sp³-hybridized carbons (Fsp3) is 0.273. The summed E-state index contributed by atoms with van der Waals surface area (Å²) < 4.78 is 11.5. The van der Waals surface area contributed by atoms with E-state index in [0.717, 1.165) is 15.6 Å². The van der Waals surface area contributed by atoms with E-state index < -0.39 is 5.25 Å². The number of carbonyl (C=O) groups is 2. The number of rotatable bonds is 9. The molecule has 2 aromatic carbocycles. The molecule has 168 valence electrons. The minimum absolute atomic E-state index is 0.0663. The molecule has 2 aromatic rings. The first-order valence-corrected chi connectivity index (χ1v) is 11.5. The third-order valence-electron chi connectivity index (χ3n) is 4.54. The Morgan fingerprint density at radius 3 is 2.78 bits per heavy atom. The van der Waals surface area contributed by atoms with Gasteiger partial charge in [-0.05, 0) is 41.8 Å². The predicted molar refractivity (Wildman–Crippen MR) is 130 cm³/mol. The summed E-state index contributed by atoms with van der Waals surface area (Å²) in [6.07, 6.45) is 2.29. The topological polar surface area (TPSA) is 101 Å². The van der Waals surface area contributed by atoms with Gasteiger partial charge in [-0.1, -0.05) is 45.9 Å². The summed E-state index contributed by atoms with van der Waals surface area (Å²) in [5.41, 5.74) is 1.89. The van der Waals surface area contributed by atoms with Gasteiger partial charge in [0.1, 0.15) is 5.25 Å². The normalized spacial score (nSPS) is 16.9. The standard InChI is InChI=1S/C22H23BrN4O4S/c1-30-17-7-6-14(11-18(17)31-2)8-9-24-20(28)12-19-21(29)26-22(32-19)27-25-13-15-4-3-5-16(23)10-15/h3-7,10-11,13,19H,8-9,12H2,1-2H3,(H,24,28)(H,26,27,29)/b25-13-/t19-/m1/s1. The number of benzene rings is 2. The van der Waals surface area contributed by atoms with Crippen LogP contribution in [-0.2, 0) is 16.0 Å². The molecule has 32 heavy (non-hydrogen) atoms. The molecule has 3 rings (SSSR count). The van der Waals surface area contributed by atoms with Crippen LogP contribution >= 0.6 is 27.7 Å². The molecule has 1 aliphatic rings. The summed E-state index contributed by atoms with van der Waals surface area (Å²) in [6, 6.07) is 13.2. The van der Waals surface area contributed by atoms with Crippen LogP contribution in [0.5, 0.6) is 11.5 Å². The molecule has 1 aliphatic heterocycles. The van der Waals surface area contributed by atoms with E-state index in [1.54, 1.807) is 20.4 Å². The molecule has 1 fully saturated rings. The number of amidine groups is 1. The van der Waals surface area contributed by atoms with Crippen molar-refractivity contribution in [2.75, 3.05) is 20.8 Å². The number of nitrogens with zero attached hydrogens (tertiary/aromatic N) is 2. The average molecular weight is 519 g/mol. The van der Waals surface area contributed by atoms with Crippen molar-refractivity contribution in [1.29, 1.82) is 0 Å². The van der Waals surface area contributed by atoms with Gasteiger partial charge in [0.25, 0.3) is 0 Å². The highest BCUT2D eigenvalue weighted by molar-refractivity contribution is 9.10. The quantitative estimate of drug-likeness (QED) is 0.392. The Morgan fingerprint density at radius 2 is 2.03 bits per heavy atom. The number of halogens is 1. The van der Waals surface area contributed by atoms with Crippen LogP contribution < -0.4 is 20.1 Å². The maximum Gasteiger partial charge on any atom is 0.240 e. The van der Waals surface area contributed by atoms with Crippen LogP contribution in [0.1, 0.15) is 17.5 Å². The van der Waals surface area contributed by atoms with Gasteiger partial charge >= 0.3 is 0 Å². The maximum atomic E-state index is 12.3. The molecule has 0 aliphatic carbocycles. The first kappa shape index (κ1) is 23.8. The SMILES string of the molecule is COc1ccc(CCNC(=O)C[C@H]2S/C(=N/N=C\c3cccc(Br)c3)NC2=O)cc1OC. The highest BCUT2D eigenvalue weighted by Gasteiger charge is 2.32. The molecule has 2 amide bonds. The van der Waals surface area contributed by atoms with Crippen molar-refractivity contribution in [2.24, 2.45) is 10.2 Å². The van der Waals surface area contributed by atoms with Crippen LogP contribution in [0.15, 0.2) is 57.1 Å². The summed E-state index contributed by atoms with van der Waals surface area (Å²) in [6.45, 7) is 0.450. The van der Waals surface area contributed by atoms with Crippen molar-refractivity contribution < 1.29 is 19.1 Å². The van der Waals surface area contributed by atoms with Crippen molar-refractivity contribution >= 4 is 50.9 Å². The molecule has 0 bridgehead atoms. The third kappa shape index (κ3) is 6.83. The monoisotopic (exact) mass is 518 g/mol. The third-order valence-corrected chi connectivity index (χ3v) is 6.10. The number of amides is 2. The predicted octanol–water partition coefficient (Wildman–Crippen LogP) is 3.14. The van der Waals surface area contributed by atoms with Gasteiger partial charge in [-0.25, -0.2) is 0 Å². The van der Waals surface area contributed by atoms with Crippen molar-refractivity contribution in [3.05, 3.63) is 58.1 Å². The molecule has 0 aromatic heterocycles. The second-order valence-electron chi connectivity index (χ2n) is 6.79. The van der Waals surface area contributed by atoms with Gasteiger partial charge in [-0.3, -0.25) is 9.59 Å². The van der Waals surface area contributed by atoms with Crippen LogP contribution in [0.2, 0.25) is 0 Å². The van der Waals surface area contributed by atoms with E-state index in [1.165, 1.54) is 11.8 Å². The maximum absolute atomic E-state index is 12.3. The van der Waals surface area contributed by atoms with Crippen LogP contribution in [0.3, 0.4) is 0 Å². The first-order chi connectivity index (χ1) is 15.5. The fourth-order valence-electron chi connectivity index (χ4n) is 2.94. The Balaban J connectivity index is 1.45. The highest BCUT2D eigenvalue weighted by Crippen LogP contribution is 2.27. The highest BCUT2D eigenvalue weighted by atomic mass is 79.9. The molecule has 1 heterocycles. The Hall–Kier alpha value is -2.85. The van der Waals surface area contributed by atoms with E-state index in [9.17, 15) is 9.59 Å². The van der Waals surface area contributed by atoms with E-state index in [4.69, 9.17) is 9.47 Å². The Morgan fingerprint density at radius 1 is 1.22 bits per heavy atom. The molecule has 10 heteroatoms. The smallest absolute Gasteiger partial charge is 0.240 e. The molecule has 0 saturated carbocycles. The van der Waals surface area contributed by atoms with Gasteiger partial charge in [-0.2, -0.15) is 5.10 Å². The van der Waals surface area contributed by atoms with Crippen molar-refractivity contribution in [1.82, 2.24) is 10.6 Å². The van der Waals surface area contributed by atoms with Gasteiger partial charge < -0.3 is 20.1 Å². The van der Waals surface area contributed by atoms with Crippen molar-refractivity contribution in [3.63, 3.8) is 0 Å². The van der Waals surface area contributed by atoms with Crippen LogP contribution in [-0.4, -0.2) is 49.2 Å². The van der Waals surface area contributed by atoms with Crippen LogP contribution in [0, 0.1) is 0 Å². The molecule has 0 unspecified atom stereocenters. The number of methoxy groups -OCH3 is 2. The van der Waals surface area contributed by atoms with Gasteiger partial charge in [0.2, 0.25) is 11.8 Å². The summed E-state index contributed by atoms with van der Waals surface area (Å²) >= 11 is 4.59. The lowest BCUT2D eigenvalue weighted by Gasteiger charge is -2.10. The van der Waals surface area contributed by atoms with Gasteiger partial charge in [0.15, 0.2) is 16.7 Å². The number of nitrogens with one attached hydrogen (secondary N) is 2. The molecule has 1 saturated heterocycles. The minimum atomic E-state index is -0.532. The molecule has 8 nitrogen and oxygen atoms in total. The van der Waals surface area contributed by atoms with Gasteiger partial charge in [0, 0.05) is 17.4 Å². The second-order valence-corrected chi connectivity index (χ2v) is 8.90. The lowest BCUT2D eigenvalue weighted by atomic mass is 10.1. The average Bonchev–Trinajstić information content (AvgIpc) is 3.12. The number of thioether (sulfide) groups is 1.